The largest absolute Gasteiger partial charge is 0.381 e. The zero-order chi connectivity index (χ0) is 10.1. The molecule has 0 amide bonds. The number of nitrogens with one attached hydrogen (secondary N) is 1. The molecular formula is C10H16N4O. The van der Waals surface area contributed by atoms with Gasteiger partial charge in [0, 0.05) is 38.3 Å². The summed E-state index contributed by atoms with van der Waals surface area (Å²) in [6.45, 7) is 3.82. The van der Waals surface area contributed by atoms with Crippen molar-refractivity contribution in [2.45, 2.75) is 24.8 Å². The number of hydrogen-bond acceptors (Lipinski definition) is 4. The predicted octanol–water partition coefficient (Wildman–Crippen LogP) is 0.316. The van der Waals surface area contributed by atoms with E-state index >= 15 is 0 Å². The van der Waals surface area contributed by atoms with E-state index in [9.17, 15) is 0 Å². The van der Waals surface area contributed by atoms with E-state index < -0.39 is 0 Å². The van der Waals surface area contributed by atoms with Gasteiger partial charge in [0.2, 0.25) is 0 Å². The highest BCUT2D eigenvalue weighted by Crippen LogP contribution is 2.26. The molecule has 1 aromatic rings. The maximum Gasteiger partial charge on any atom is 0.138 e. The van der Waals surface area contributed by atoms with E-state index in [1.165, 1.54) is 0 Å². The topological polar surface area (TPSA) is 52.0 Å². The zero-order valence-corrected chi connectivity index (χ0v) is 8.72. The lowest BCUT2D eigenvalue weighted by atomic mass is 10.0. The van der Waals surface area contributed by atoms with E-state index in [4.69, 9.17) is 4.74 Å². The molecule has 0 atom stereocenters. The summed E-state index contributed by atoms with van der Waals surface area (Å²) in [5.41, 5.74) is 0. The smallest absolute Gasteiger partial charge is 0.138 e. The summed E-state index contributed by atoms with van der Waals surface area (Å²) in [6, 6.07) is 0.546. The van der Waals surface area contributed by atoms with Gasteiger partial charge in [0.1, 0.15) is 12.2 Å². The molecular weight excluding hydrogens is 192 g/mol. The van der Waals surface area contributed by atoms with Crippen molar-refractivity contribution >= 4 is 0 Å². The van der Waals surface area contributed by atoms with Gasteiger partial charge in [0.25, 0.3) is 0 Å². The van der Waals surface area contributed by atoms with Crippen molar-refractivity contribution in [3.05, 3.63) is 12.2 Å². The van der Waals surface area contributed by atoms with Crippen molar-refractivity contribution in [1.82, 2.24) is 20.1 Å². The first-order valence-electron chi connectivity index (χ1n) is 5.63. The van der Waals surface area contributed by atoms with Gasteiger partial charge in [-0.1, -0.05) is 0 Å². The van der Waals surface area contributed by atoms with Crippen LogP contribution in [0.15, 0.2) is 6.33 Å². The van der Waals surface area contributed by atoms with Gasteiger partial charge in [-0.3, -0.25) is 0 Å². The molecule has 5 nitrogen and oxygen atoms in total. The molecule has 0 bridgehead atoms. The maximum absolute atomic E-state index is 5.37. The molecule has 1 N–H and O–H groups in total. The second-order valence-corrected chi connectivity index (χ2v) is 4.30. The molecule has 2 aliphatic rings. The summed E-state index contributed by atoms with van der Waals surface area (Å²) >= 11 is 0. The van der Waals surface area contributed by atoms with Crippen LogP contribution in [-0.2, 0) is 4.74 Å². The molecule has 3 rings (SSSR count). The first kappa shape index (κ1) is 9.30. The van der Waals surface area contributed by atoms with Gasteiger partial charge in [0.05, 0.1) is 0 Å². The van der Waals surface area contributed by atoms with Gasteiger partial charge < -0.3 is 14.6 Å². The average molecular weight is 208 g/mol. The van der Waals surface area contributed by atoms with Crippen LogP contribution in [-0.4, -0.2) is 41.1 Å². The van der Waals surface area contributed by atoms with Gasteiger partial charge in [-0.15, -0.1) is 10.2 Å². The molecule has 0 radical (unpaired) electrons. The van der Waals surface area contributed by atoms with E-state index in [0.717, 1.165) is 45.0 Å². The molecule has 2 aliphatic heterocycles. The van der Waals surface area contributed by atoms with Gasteiger partial charge >= 0.3 is 0 Å². The van der Waals surface area contributed by atoms with Gasteiger partial charge in [0.15, 0.2) is 0 Å². The average Bonchev–Trinajstić information content (AvgIpc) is 2.65. The van der Waals surface area contributed by atoms with Gasteiger partial charge in [-0.05, 0) is 12.8 Å². The Labute approximate surface area is 88.8 Å². The Morgan fingerprint density at radius 3 is 2.80 bits per heavy atom. The minimum Gasteiger partial charge on any atom is -0.381 e. The number of aromatic nitrogens is 3. The van der Waals surface area contributed by atoms with Crippen molar-refractivity contribution in [3.8, 4) is 0 Å². The third kappa shape index (κ3) is 1.66. The molecule has 3 heterocycles. The molecule has 1 aromatic heterocycles. The van der Waals surface area contributed by atoms with Gasteiger partial charge in [-0.2, -0.15) is 0 Å². The van der Waals surface area contributed by atoms with Crippen LogP contribution in [0, 0.1) is 0 Å². The molecule has 0 unspecified atom stereocenters. The molecule has 0 aliphatic carbocycles. The van der Waals surface area contributed by atoms with E-state index in [1.807, 2.05) is 6.33 Å². The van der Waals surface area contributed by atoms with Crippen LogP contribution < -0.4 is 5.32 Å². The van der Waals surface area contributed by atoms with Crippen LogP contribution >= 0.6 is 0 Å². The Balaban J connectivity index is 1.80. The highest BCUT2D eigenvalue weighted by molar-refractivity contribution is 5.05. The summed E-state index contributed by atoms with van der Waals surface area (Å²) < 4.78 is 7.63. The van der Waals surface area contributed by atoms with Crippen molar-refractivity contribution in [1.29, 1.82) is 0 Å². The minimum atomic E-state index is 0.546. The highest BCUT2D eigenvalue weighted by Gasteiger charge is 2.27. The number of hydrogen-bond donors (Lipinski definition) is 1. The van der Waals surface area contributed by atoms with Gasteiger partial charge in [-0.25, -0.2) is 0 Å². The first-order chi connectivity index (χ1) is 7.45. The van der Waals surface area contributed by atoms with E-state index in [2.05, 4.69) is 20.1 Å². The molecule has 2 saturated heterocycles. The van der Waals surface area contributed by atoms with E-state index in [-0.39, 0.29) is 0 Å². The SMILES string of the molecule is c1nnc(C2CNC2)n1C1CCOCC1. The van der Waals surface area contributed by atoms with E-state index in [1.54, 1.807) is 0 Å². The van der Waals surface area contributed by atoms with Crippen molar-refractivity contribution in [2.75, 3.05) is 26.3 Å². The Morgan fingerprint density at radius 1 is 1.33 bits per heavy atom. The number of nitrogens with zero attached hydrogens (tertiary/aromatic N) is 3. The summed E-state index contributed by atoms with van der Waals surface area (Å²) in [4.78, 5) is 0. The van der Waals surface area contributed by atoms with Crippen LogP contribution in [0.25, 0.3) is 0 Å². The lowest BCUT2D eigenvalue weighted by Crippen LogP contribution is -2.41. The fourth-order valence-electron chi connectivity index (χ4n) is 2.26. The monoisotopic (exact) mass is 208 g/mol. The Kier molecular flexibility index (Phi) is 2.42. The Morgan fingerprint density at radius 2 is 2.13 bits per heavy atom. The lowest BCUT2D eigenvalue weighted by molar-refractivity contribution is 0.0681. The summed E-state index contributed by atoms with van der Waals surface area (Å²) in [7, 11) is 0. The van der Waals surface area contributed by atoms with Crippen molar-refractivity contribution in [3.63, 3.8) is 0 Å². The number of ether oxygens (including phenoxy) is 1. The lowest BCUT2D eigenvalue weighted by Gasteiger charge is -2.30. The third-order valence-corrected chi connectivity index (χ3v) is 3.33. The molecule has 15 heavy (non-hydrogen) atoms. The normalized spacial score (nSPS) is 24.0. The van der Waals surface area contributed by atoms with Crippen LogP contribution in [0.1, 0.15) is 30.6 Å². The van der Waals surface area contributed by atoms with E-state index in [0.29, 0.717) is 12.0 Å². The molecule has 2 fully saturated rings. The molecule has 5 heteroatoms. The maximum atomic E-state index is 5.37. The molecule has 0 aromatic carbocycles. The fourth-order valence-corrected chi connectivity index (χ4v) is 2.26. The molecule has 0 spiro atoms. The third-order valence-electron chi connectivity index (χ3n) is 3.33. The van der Waals surface area contributed by atoms with Crippen LogP contribution in [0.4, 0.5) is 0 Å². The summed E-state index contributed by atoms with van der Waals surface area (Å²) in [6.07, 6.45) is 4.06. The predicted molar refractivity (Wildman–Crippen MR) is 54.7 cm³/mol. The fraction of sp³-hybridized carbons (Fsp3) is 0.800. The highest BCUT2D eigenvalue weighted by atomic mass is 16.5. The van der Waals surface area contributed by atoms with Crippen LogP contribution in [0.2, 0.25) is 0 Å². The zero-order valence-electron chi connectivity index (χ0n) is 8.72. The minimum absolute atomic E-state index is 0.546. The standard InChI is InChI=1S/C10H16N4O/c1-3-15-4-2-9(1)14-7-12-13-10(14)8-5-11-6-8/h7-9,11H,1-6H2. The second kappa shape index (κ2) is 3.90. The Bertz CT molecular complexity index is 328. The molecule has 0 saturated carbocycles. The Hall–Kier alpha value is -0.940. The summed E-state index contributed by atoms with van der Waals surface area (Å²) in [5.74, 6) is 1.72. The number of rotatable bonds is 2. The molecule has 82 valence electrons. The van der Waals surface area contributed by atoms with Crippen molar-refractivity contribution in [2.24, 2.45) is 0 Å². The summed E-state index contributed by atoms with van der Waals surface area (Å²) in [5, 5.41) is 11.6. The quantitative estimate of drug-likeness (QED) is 0.760. The second-order valence-electron chi connectivity index (χ2n) is 4.30. The van der Waals surface area contributed by atoms with Crippen molar-refractivity contribution < 1.29 is 4.74 Å². The van der Waals surface area contributed by atoms with Crippen LogP contribution in [0.3, 0.4) is 0 Å². The first-order valence-corrected chi connectivity index (χ1v) is 5.63. The van der Waals surface area contributed by atoms with Crippen LogP contribution in [0.5, 0.6) is 0 Å².